The lowest BCUT2D eigenvalue weighted by molar-refractivity contribution is 0.0182. The molecule has 2 heterocycles. The monoisotopic (exact) mass is 306 g/mol. The maximum Gasteiger partial charge on any atom is 0.0334 e. The molecule has 3 rings (SSSR count). The first kappa shape index (κ1) is 15.5. The van der Waals surface area contributed by atoms with E-state index >= 15 is 0 Å². The van der Waals surface area contributed by atoms with E-state index in [0.29, 0.717) is 17.0 Å². The molecule has 118 valence electrons. The molecule has 1 aromatic heterocycles. The van der Waals surface area contributed by atoms with E-state index in [1.54, 1.807) is 0 Å². The van der Waals surface area contributed by atoms with Crippen molar-refractivity contribution in [2.24, 2.45) is 5.41 Å². The highest BCUT2D eigenvalue weighted by Crippen LogP contribution is 2.39. The van der Waals surface area contributed by atoms with Crippen LogP contribution in [0.5, 0.6) is 0 Å². The Morgan fingerprint density at radius 2 is 2.10 bits per heavy atom. The van der Waals surface area contributed by atoms with E-state index in [-0.39, 0.29) is 0 Å². The van der Waals surface area contributed by atoms with Crippen LogP contribution < -0.4 is 5.32 Å². The van der Waals surface area contributed by atoms with Gasteiger partial charge in [0.25, 0.3) is 0 Å². The third kappa shape index (κ3) is 3.35. The van der Waals surface area contributed by atoms with Crippen LogP contribution in [-0.2, 0) is 6.42 Å². The first-order chi connectivity index (χ1) is 10.00. The number of hydrogen-bond donors (Lipinski definition) is 1. The smallest absolute Gasteiger partial charge is 0.0334 e. The zero-order chi connectivity index (χ0) is 14.9. The normalized spacial score (nSPS) is 26.5. The van der Waals surface area contributed by atoms with Crippen LogP contribution in [0.1, 0.15) is 51.3 Å². The van der Waals surface area contributed by atoms with Gasteiger partial charge in [-0.05, 0) is 36.1 Å². The van der Waals surface area contributed by atoms with Gasteiger partial charge in [-0.1, -0.05) is 39.7 Å². The zero-order valence-corrected chi connectivity index (χ0v) is 14.6. The SMILES string of the molecule is CC(C)(C)C1CN(CCc2cccs2)C2(CCCC2)CN1. The lowest BCUT2D eigenvalue weighted by Gasteiger charge is -2.51. The Morgan fingerprint density at radius 1 is 1.33 bits per heavy atom. The summed E-state index contributed by atoms with van der Waals surface area (Å²) in [5.74, 6) is 0. The van der Waals surface area contributed by atoms with Crippen molar-refractivity contribution in [2.45, 2.75) is 64.5 Å². The van der Waals surface area contributed by atoms with Gasteiger partial charge in [0.15, 0.2) is 0 Å². The third-order valence-electron chi connectivity index (χ3n) is 5.54. The van der Waals surface area contributed by atoms with Crippen molar-refractivity contribution < 1.29 is 0 Å². The van der Waals surface area contributed by atoms with Gasteiger partial charge in [0, 0.05) is 36.1 Å². The van der Waals surface area contributed by atoms with Crippen molar-refractivity contribution in [2.75, 3.05) is 19.6 Å². The summed E-state index contributed by atoms with van der Waals surface area (Å²) < 4.78 is 0. The standard InChI is InChI=1S/C18H30N2S/c1-17(2,3)16-13-20(11-8-15-7-6-12-21-15)18(14-19-16)9-4-5-10-18/h6-7,12,16,19H,4-5,8-11,13-14H2,1-3H3. The van der Waals surface area contributed by atoms with Crippen LogP contribution in [-0.4, -0.2) is 36.1 Å². The minimum Gasteiger partial charge on any atom is -0.310 e. The lowest BCUT2D eigenvalue weighted by Crippen LogP contribution is -2.66. The molecule has 1 saturated carbocycles. The maximum absolute atomic E-state index is 3.88. The van der Waals surface area contributed by atoms with Gasteiger partial charge < -0.3 is 5.32 Å². The molecule has 1 unspecified atom stereocenters. The van der Waals surface area contributed by atoms with E-state index in [1.807, 2.05) is 11.3 Å². The van der Waals surface area contributed by atoms with Crippen LogP contribution in [0.3, 0.4) is 0 Å². The summed E-state index contributed by atoms with van der Waals surface area (Å²) in [5, 5.41) is 6.08. The molecule has 1 aliphatic heterocycles. The van der Waals surface area contributed by atoms with Crippen LogP contribution in [0.2, 0.25) is 0 Å². The second-order valence-electron chi connectivity index (χ2n) is 8.01. The summed E-state index contributed by atoms with van der Waals surface area (Å²) in [4.78, 5) is 4.38. The predicted octanol–water partition coefficient (Wildman–Crippen LogP) is 3.92. The molecule has 1 N–H and O–H groups in total. The molecule has 0 amide bonds. The number of rotatable bonds is 3. The fourth-order valence-electron chi connectivity index (χ4n) is 4.04. The van der Waals surface area contributed by atoms with Gasteiger partial charge in [-0.15, -0.1) is 11.3 Å². The number of nitrogens with zero attached hydrogens (tertiary/aromatic N) is 1. The quantitative estimate of drug-likeness (QED) is 0.910. The molecular weight excluding hydrogens is 276 g/mol. The second kappa shape index (κ2) is 6.02. The lowest BCUT2D eigenvalue weighted by atomic mass is 9.81. The molecule has 0 aromatic carbocycles. The van der Waals surface area contributed by atoms with Gasteiger partial charge in [-0.3, -0.25) is 4.90 Å². The van der Waals surface area contributed by atoms with E-state index < -0.39 is 0 Å². The highest BCUT2D eigenvalue weighted by atomic mass is 32.1. The number of hydrogen-bond acceptors (Lipinski definition) is 3. The highest BCUT2D eigenvalue weighted by molar-refractivity contribution is 7.09. The highest BCUT2D eigenvalue weighted by Gasteiger charge is 2.45. The van der Waals surface area contributed by atoms with Gasteiger partial charge in [-0.2, -0.15) is 0 Å². The first-order valence-corrected chi connectivity index (χ1v) is 9.38. The summed E-state index contributed by atoms with van der Waals surface area (Å²) in [7, 11) is 0. The average Bonchev–Trinajstić information content (AvgIpc) is 3.08. The van der Waals surface area contributed by atoms with Gasteiger partial charge in [0.05, 0.1) is 0 Å². The molecule has 0 radical (unpaired) electrons. The molecule has 2 fully saturated rings. The zero-order valence-electron chi connectivity index (χ0n) is 13.8. The molecule has 1 aromatic rings. The minimum atomic E-state index is 0.349. The Kier molecular flexibility index (Phi) is 4.45. The Bertz CT molecular complexity index is 440. The fraction of sp³-hybridized carbons (Fsp3) is 0.778. The molecule has 2 aliphatic rings. The topological polar surface area (TPSA) is 15.3 Å². The van der Waals surface area contributed by atoms with Crippen molar-refractivity contribution >= 4 is 11.3 Å². The molecule has 3 heteroatoms. The van der Waals surface area contributed by atoms with E-state index in [1.165, 1.54) is 56.6 Å². The van der Waals surface area contributed by atoms with Crippen LogP contribution in [0, 0.1) is 5.41 Å². The van der Waals surface area contributed by atoms with Crippen molar-refractivity contribution in [3.63, 3.8) is 0 Å². The molecule has 1 aliphatic carbocycles. The minimum absolute atomic E-state index is 0.349. The predicted molar refractivity (Wildman–Crippen MR) is 92.0 cm³/mol. The molecule has 0 bridgehead atoms. The Morgan fingerprint density at radius 3 is 2.71 bits per heavy atom. The van der Waals surface area contributed by atoms with E-state index in [2.05, 4.69) is 48.5 Å². The van der Waals surface area contributed by atoms with Gasteiger partial charge in [-0.25, -0.2) is 0 Å². The van der Waals surface area contributed by atoms with E-state index in [0.717, 1.165) is 0 Å². The van der Waals surface area contributed by atoms with E-state index in [4.69, 9.17) is 0 Å². The molecule has 1 atom stereocenters. The van der Waals surface area contributed by atoms with Crippen LogP contribution in [0.25, 0.3) is 0 Å². The van der Waals surface area contributed by atoms with Crippen molar-refractivity contribution in [3.05, 3.63) is 22.4 Å². The summed E-state index contributed by atoms with van der Waals surface area (Å²) in [6.07, 6.45) is 6.83. The number of thiophene rings is 1. The molecule has 1 spiro atoms. The fourth-order valence-corrected chi connectivity index (χ4v) is 4.74. The summed E-state index contributed by atoms with van der Waals surface area (Å²) in [5.41, 5.74) is 0.806. The van der Waals surface area contributed by atoms with E-state index in [9.17, 15) is 0 Å². The molecule has 1 saturated heterocycles. The summed E-state index contributed by atoms with van der Waals surface area (Å²) >= 11 is 1.91. The van der Waals surface area contributed by atoms with Crippen LogP contribution >= 0.6 is 11.3 Å². The second-order valence-corrected chi connectivity index (χ2v) is 9.04. The number of nitrogens with one attached hydrogen (secondary N) is 1. The molecular formula is C18H30N2S. The first-order valence-electron chi connectivity index (χ1n) is 8.50. The van der Waals surface area contributed by atoms with Crippen LogP contribution in [0.15, 0.2) is 17.5 Å². The third-order valence-corrected chi connectivity index (χ3v) is 6.48. The van der Waals surface area contributed by atoms with Crippen molar-refractivity contribution in [1.82, 2.24) is 10.2 Å². The number of piperazine rings is 1. The molecule has 2 nitrogen and oxygen atoms in total. The average molecular weight is 307 g/mol. The summed E-state index contributed by atoms with van der Waals surface area (Å²) in [6.45, 7) is 10.8. The van der Waals surface area contributed by atoms with Gasteiger partial charge in [0.1, 0.15) is 0 Å². The van der Waals surface area contributed by atoms with Gasteiger partial charge in [0.2, 0.25) is 0 Å². The Labute approximate surface area is 133 Å². The Hall–Kier alpha value is -0.380. The summed E-state index contributed by atoms with van der Waals surface area (Å²) in [6, 6.07) is 5.09. The molecule has 21 heavy (non-hydrogen) atoms. The van der Waals surface area contributed by atoms with Crippen molar-refractivity contribution in [1.29, 1.82) is 0 Å². The van der Waals surface area contributed by atoms with Gasteiger partial charge >= 0.3 is 0 Å². The largest absolute Gasteiger partial charge is 0.310 e. The van der Waals surface area contributed by atoms with Crippen LogP contribution in [0.4, 0.5) is 0 Å². The van der Waals surface area contributed by atoms with Crippen molar-refractivity contribution in [3.8, 4) is 0 Å². The maximum atomic E-state index is 3.88. The Balaban J connectivity index is 1.70.